The highest BCUT2D eigenvalue weighted by atomic mass is 16.3. The lowest BCUT2D eigenvalue weighted by Gasteiger charge is -2.27. The van der Waals surface area contributed by atoms with Crippen molar-refractivity contribution in [1.29, 1.82) is 0 Å². The largest absolute Gasteiger partial charge is 0.387 e. The summed E-state index contributed by atoms with van der Waals surface area (Å²) in [7, 11) is 0. The summed E-state index contributed by atoms with van der Waals surface area (Å²) >= 11 is 0. The Labute approximate surface area is 83.6 Å². The second kappa shape index (κ2) is 3.80. The fourth-order valence-electron chi connectivity index (χ4n) is 1.19. The second-order valence-electron chi connectivity index (χ2n) is 3.90. The molecule has 0 fully saturated rings. The fourth-order valence-corrected chi connectivity index (χ4v) is 1.19. The Morgan fingerprint density at radius 3 is 2.29 bits per heavy atom. The summed E-state index contributed by atoms with van der Waals surface area (Å²) in [6, 6.07) is 9.03. The van der Waals surface area contributed by atoms with Crippen LogP contribution in [0.15, 0.2) is 30.3 Å². The summed E-state index contributed by atoms with van der Waals surface area (Å²) in [6.07, 6.45) is -0.860. The molecular formula is C11H15NO2. The van der Waals surface area contributed by atoms with Gasteiger partial charge in [-0.25, -0.2) is 0 Å². The maximum absolute atomic E-state index is 11.1. The number of amides is 1. The Morgan fingerprint density at radius 1 is 1.36 bits per heavy atom. The van der Waals surface area contributed by atoms with Crippen molar-refractivity contribution in [2.75, 3.05) is 0 Å². The van der Waals surface area contributed by atoms with E-state index in [0.717, 1.165) is 0 Å². The van der Waals surface area contributed by atoms with Gasteiger partial charge in [0.2, 0.25) is 5.91 Å². The highest BCUT2D eigenvalue weighted by Gasteiger charge is 2.34. The quantitative estimate of drug-likeness (QED) is 0.758. The molecule has 0 saturated heterocycles. The van der Waals surface area contributed by atoms with Gasteiger partial charge in [0.25, 0.3) is 0 Å². The molecule has 1 aromatic carbocycles. The molecule has 0 saturated carbocycles. The summed E-state index contributed by atoms with van der Waals surface area (Å²) in [5.74, 6) is -0.506. The molecule has 0 aliphatic rings. The topological polar surface area (TPSA) is 63.3 Å². The van der Waals surface area contributed by atoms with Gasteiger partial charge in [0.15, 0.2) is 0 Å². The molecule has 1 unspecified atom stereocenters. The average Bonchev–Trinajstić information content (AvgIpc) is 2.17. The van der Waals surface area contributed by atoms with Crippen LogP contribution in [-0.4, -0.2) is 11.0 Å². The minimum absolute atomic E-state index is 0.506. The number of aliphatic hydroxyl groups is 1. The van der Waals surface area contributed by atoms with Crippen LogP contribution in [0, 0.1) is 5.41 Å². The zero-order valence-corrected chi connectivity index (χ0v) is 8.40. The van der Waals surface area contributed by atoms with Crippen molar-refractivity contribution in [1.82, 2.24) is 0 Å². The second-order valence-corrected chi connectivity index (χ2v) is 3.90. The Kier molecular flexibility index (Phi) is 2.91. The van der Waals surface area contributed by atoms with Crippen molar-refractivity contribution in [3.8, 4) is 0 Å². The van der Waals surface area contributed by atoms with E-state index in [4.69, 9.17) is 5.73 Å². The maximum Gasteiger partial charge on any atom is 0.226 e. The van der Waals surface area contributed by atoms with Gasteiger partial charge in [0.05, 0.1) is 11.5 Å². The molecule has 0 aromatic heterocycles. The van der Waals surface area contributed by atoms with Crippen molar-refractivity contribution in [2.45, 2.75) is 20.0 Å². The molecule has 0 bridgehead atoms. The van der Waals surface area contributed by atoms with E-state index in [1.54, 1.807) is 26.0 Å². The number of nitrogens with two attached hydrogens (primary N) is 1. The lowest BCUT2D eigenvalue weighted by molar-refractivity contribution is -0.132. The van der Waals surface area contributed by atoms with Gasteiger partial charge in [0, 0.05) is 0 Å². The van der Waals surface area contributed by atoms with Crippen LogP contribution < -0.4 is 5.73 Å². The summed E-state index contributed by atoms with van der Waals surface area (Å²) in [4.78, 5) is 11.1. The predicted molar refractivity (Wildman–Crippen MR) is 54.4 cm³/mol. The van der Waals surface area contributed by atoms with Crippen LogP contribution in [0.25, 0.3) is 0 Å². The molecule has 76 valence electrons. The first-order valence-corrected chi connectivity index (χ1v) is 4.49. The molecule has 0 heterocycles. The number of rotatable bonds is 3. The van der Waals surface area contributed by atoms with Gasteiger partial charge in [-0.15, -0.1) is 0 Å². The minimum atomic E-state index is -0.943. The number of carbonyl (C=O) groups is 1. The lowest BCUT2D eigenvalue weighted by Crippen LogP contribution is -2.37. The van der Waals surface area contributed by atoms with Crippen molar-refractivity contribution in [3.05, 3.63) is 35.9 Å². The van der Waals surface area contributed by atoms with Crippen LogP contribution in [0.2, 0.25) is 0 Å². The van der Waals surface area contributed by atoms with E-state index in [9.17, 15) is 9.90 Å². The smallest absolute Gasteiger partial charge is 0.226 e. The Bertz CT molecular complexity index is 319. The van der Waals surface area contributed by atoms with Crippen LogP contribution >= 0.6 is 0 Å². The van der Waals surface area contributed by atoms with Crippen molar-refractivity contribution >= 4 is 5.91 Å². The molecular weight excluding hydrogens is 178 g/mol. The lowest BCUT2D eigenvalue weighted by atomic mass is 9.82. The van der Waals surface area contributed by atoms with Gasteiger partial charge in [-0.3, -0.25) is 4.79 Å². The summed E-state index contributed by atoms with van der Waals surface area (Å²) < 4.78 is 0. The molecule has 3 N–H and O–H groups in total. The Balaban J connectivity index is 2.96. The Hall–Kier alpha value is -1.35. The third-order valence-corrected chi connectivity index (χ3v) is 2.43. The highest BCUT2D eigenvalue weighted by molar-refractivity contribution is 5.80. The number of primary amides is 1. The highest BCUT2D eigenvalue weighted by Crippen LogP contribution is 2.32. The monoisotopic (exact) mass is 193 g/mol. The summed E-state index contributed by atoms with van der Waals surface area (Å²) in [6.45, 7) is 3.26. The third-order valence-electron chi connectivity index (χ3n) is 2.43. The molecule has 1 aromatic rings. The first-order chi connectivity index (χ1) is 6.46. The fraction of sp³-hybridized carbons (Fsp3) is 0.364. The zero-order valence-electron chi connectivity index (χ0n) is 8.40. The summed E-state index contributed by atoms with van der Waals surface area (Å²) in [5, 5.41) is 9.92. The Morgan fingerprint density at radius 2 is 1.86 bits per heavy atom. The van der Waals surface area contributed by atoms with Gasteiger partial charge in [-0.1, -0.05) is 30.3 Å². The average molecular weight is 193 g/mol. The first-order valence-electron chi connectivity index (χ1n) is 4.49. The van der Waals surface area contributed by atoms with Gasteiger partial charge < -0.3 is 10.8 Å². The van der Waals surface area contributed by atoms with E-state index in [-0.39, 0.29) is 0 Å². The zero-order chi connectivity index (χ0) is 10.8. The van der Waals surface area contributed by atoms with Crippen molar-refractivity contribution in [2.24, 2.45) is 11.1 Å². The number of carbonyl (C=O) groups excluding carboxylic acids is 1. The molecule has 0 radical (unpaired) electrons. The molecule has 0 aliphatic carbocycles. The van der Waals surface area contributed by atoms with Crippen molar-refractivity contribution in [3.63, 3.8) is 0 Å². The van der Waals surface area contributed by atoms with Crippen LogP contribution in [-0.2, 0) is 4.79 Å². The van der Waals surface area contributed by atoms with Crippen molar-refractivity contribution < 1.29 is 9.90 Å². The van der Waals surface area contributed by atoms with E-state index in [2.05, 4.69) is 0 Å². The number of hydrogen-bond acceptors (Lipinski definition) is 2. The predicted octanol–water partition coefficient (Wildman–Crippen LogP) is 1.23. The van der Waals surface area contributed by atoms with Crippen LogP contribution in [0.4, 0.5) is 0 Å². The molecule has 3 nitrogen and oxygen atoms in total. The molecule has 0 spiro atoms. The molecule has 0 aliphatic heterocycles. The number of benzene rings is 1. The molecule has 14 heavy (non-hydrogen) atoms. The van der Waals surface area contributed by atoms with E-state index >= 15 is 0 Å². The molecule has 1 amide bonds. The maximum atomic E-state index is 11.1. The van der Waals surface area contributed by atoms with E-state index in [1.807, 2.05) is 18.2 Å². The molecule has 3 heteroatoms. The SMILES string of the molecule is CC(C)(C(N)=O)C(O)c1ccccc1. The van der Waals surface area contributed by atoms with E-state index in [1.165, 1.54) is 0 Å². The van der Waals surface area contributed by atoms with E-state index < -0.39 is 17.4 Å². The third kappa shape index (κ3) is 1.93. The normalized spacial score (nSPS) is 13.6. The first kappa shape index (κ1) is 10.7. The number of aliphatic hydroxyl groups excluding tert-OH is 1. The molecule has 1 atom stereocenters. The number of hydrogen-bond donors (Lipinski definition) is 2. The van der Waals surface area contributed by atoms with E-state index in [0.29, 0.717) is 5.56 Å². The summed E-state index contributed by atoms with van der Waals surface area (Å²) in [5.41, 5.74) is 4.97. The van der Waals surface area contributed by atoms with Crippen LogP contribution in [0.3, 0.4) is 0 Å². The van der Waals surface area contributed by atoms with Gasteiger partial charge in [-0.05, 0) is 19.4 Å². The van der Waals surface area contributed by atoms with Gasteiger partial charge in [0.1, 0.15) is 0 Å². The molecule has 1 rings (SSSR count). The van der Waals surface area contributed by atoms with Crippen LogP contribution in [0.5, 0.6) is 0 Å². The van der Waals surface area contributed by atoms with Crippen LogP contribution in [0.1, 0.15) is 25.5 Å². The minimum Gasteiger partial charge on any atom is -0.387 e. The standard InChI is InChI=1S/C11H15NO2/c1-11(2,10(12)14)9(13)8-6-4-3-5-7-8/h3-7,9,13H,1-2H3,(H2,12,14). The van der Waals surface area contributed by atoms with Gasteiger partial charge >= 0.3 is 0 Å². The van der Waals surface area contributed by atoms with Gasteiger partial charge in [-0.2, -0.15) is 0 Å².